The van der Waals surface area contributed by atoms with Gasteiger partial charge in [0.05, 0.1) is 11.3 Å². The van der Waals surface area contributed by atoms with E-state index in [1.807, 2.05) is 30.3 Å². The maximum atomic E-state index is 13.6. The van der Waals surface area contributed by atoms with E-state index in [2.05, 4.69) is 5.10 Å². The summed E-state index contributed by atoms with van der Waals surface area (Å²) in [6.45, 7) is 0. The van der Waals surface area contributed by atoms with E-state index in [9.17, 15) is 13.6 Å². The summed E-state index contributed by atoms with van der Waals surface area (Å²) in [4.78, 5) is 12.2. The van der Waals surface area contributed by atoms with Gasteiger partial charge in [0.1, 0.15) is 5.69 Å². The zero-order valence-electron chi connectivity index (χ0n) is 10.8. The number of hydrogen-bond acceptors (Lipinski definition) is 2. The quantitative estimate of drug-likeness (QED) is 0.691. The molecule has 1 heterocycles. The minimum Gasteiger partial charge on any atom is -0.287 e. The van der Waals surface area contributed by atoms with Crippen LogP contribution >= 0.6 is 0 Å². The summed E-state index contributed by atoms with van der Waals surface area (Å²) in [6.07, 6.45) is 1.60. The topological polar surface area (TPSA) is 34.9 Å². The minimum atomic E-state index is -1.16. The van der Waals surface area contributed by atoms with Crippen LogP contribution < -0.4 is 0 Å². The third-order valence-corrected chi connectivity index (χ3v) is 3.04. The lowest BCUT2D eigenvalue weighted by molar-refractivity contribution is 0.102. The first-order valence-electron chi connectivity index (χ1n) is 6.26. The molecule has 3 rings (SSSR count). The van der Waals surface area contributed by atoms with Gasteiger partial charge in [0.2, 0.25) is 5.78 Å². The summed E-state index contributed by atoms with van der Waals surface area (Å²) in [7, 11) is 0. The molecule has 0 aliphatic carbocycles. The average Bonchev–Trinajstić information content (AvgIpc) is 3.00. The van der Waals surface area contributed by atoms with Gasteiger partial charge in [-0.1, -0.05) is 24.3 Å². The van der Waals surface area contributed by atoms with Crippen LogP contribution in [0.15, 0.2) is 60.8 Å². The molecule has 0 unspecified atom stereocenters. The van der Waals surface area contributed by atoms with E-state index in [1.165, 1.54) is 22.9 Å². The molecule has 0 aliphatic heterocycles. The lowest BCUT2D eigenvalue weighted by Crippen LogP contribution is -2.07. The van der Waals surface area contributed by atoms with E-state index in [0.29, 0.717) is 0 Å². The normalized spacial score (nSPS) is 10.6. The van der Waals surface area contributed by atoms with Gasteiger partial charge in [-0.2, -0.15) is 5.10 Å². The van der Waals surface area contributed by atoms with Crippen molar-refractivity contribution >= 4 is 5.78 Å². The molecule has 0 saturated heterocycles. The first kappa shape index (κ1) is 13.2. The van der Waals surface area contributed by atoms with Crippen LogP contribution in [0.4, 0.5) is 8.78 Å². The number of halogens is 2. The highest BCUT2D eigenvalue weighted by atomic mass is 19.2. The Bertz CT molecular complexity index is 797. The van der Waals surface area contributed by atoms with Gasteiger partial charge in [0, 0.05) is 6.20 Å². The van der Waals surface area contributed by atoms with E-state index < -0.39 is 17.4 Å². The van der Waals surface area contributed by atoms with Crippen LogP contribution in [-0.2, 0) is 0 Å². The molecule has 2 aromatic carbocycles. The van der Waals surface area contributed by atoms with Crippen LogP contribution in [0.2, 0.25) is 0 Å². The van der Waals surface area contributed by atoms with Crippen LogP contribution in [0, 0.1) is 11.6 Å². The van der Waals surface area contributed by atoms with E-state index in [-0.39, 0.29) is 11.3 Å². The second kappa shape index (κ2) is 5.28. The molecule has 0 radical (unpaired) electrons. The van der Waals surface area contributed by atoms with Gasteiger partial charge < -0.3 is 0 Å². The van der Waals surface area contributed by atoms with Gasteiger partial charge in [-0.3, -0.25) is 4.79 Å². The number of para-hydroxylation sites is 1. The molecule has 0 atom stereocenters. The molecule has 0 fully saturated rings. The molecule has 0 N–H and O–H groups in total. The van der Waals surface area contributed by atoms with Crippen molar-refractivity contribution in [2.45, 2.75) is 0 Å². The monoisotopic (exact) mass is 284 g/mol. The molecule has 0 aliphatic rings. The van der Waals surface area contributed by atoms with Crippen molar-refractivity contribution in [2.24, 2.45) is 0 Å². The second-order valence-electron chi connectivity index (χ2n) is 4.41. The Balaban J connectivity index is 1.97. The Morgan fingerprint density at radius 3 is 2.48 bits per heavy atom. The fourth-order valence-electron chi connectivity index (χ4n) is 1.99. The van der Waals surface area contributed by atoms with Crippen molar-refractivity contribution in [1.29, 1.82) is 0 Å². The Hall–Kier alpha value is -2.82. The standard InChI is InChI=1S/C16H10F2N2O/c17-13-8-4-7-12(15(13)18)16(21)14-9-10-20(19-14)11-5-2-1-3-6-11/h1-10H. The van der Waals surface area contributed by atoms with Crippen molar-refractivity contribution in [3.63, 3.8) is 0 Å². The highest BCUT2D eigenvalue weighted by molar-refractivity contribution is 6.07. The highest BCUT2D eigenvalue weighted by Gasteiger charge is 2.19. The van der Waals surface area contributed by atoms with Crippen LogP contribution in [0.1, 0.15) is 16.1 Å². The molecule has 0 amide bonds. The zero-order chi connectivity index (χ0) is 14.8. The average molecular weight is 284 g/mol. The first-order valence-corrected chi connectivity index (χ1v) is 6.26. The van der Waals surface area contributed by atoms with E-state index >= 15 is 0 Å². The van der Waals surface area contributed by atoms with E-state index in [4.69, 9.17) is 0 Å². The number of aromatic nitrogens is 2. The Morgan fingerprint density at radius 1 is 0.952 bits per heavy atom. The van der Waals surface area contributed by atoms with E-state index in [1.54, 1.807) is 6.20 Å². The van der Waals surface area contributed by atoms with E-state index in [0.717, 1.165) is 11.8 Å². The van der Waals surface area contributed by atoms with Crippen molar-refractivity contribution in [1.82, 2.24) is 9.78 Å². The molecule has 0 spiro atoms. The highest BCUT2D eigenvalue weighted by Crippen LogP contribution is 2.16. The van der Waals surface area contributed by atoms with Crippen LogP contribution in [-0.4, -0.2) is 15.6 Å². The molecule has 0 saturated carbocycles. The maximum absolute atomic E-state index is 13.6. The molecular formula is C16H10F2N2O. The first-order chi connectivity index (χ1) is 10.2. The molecule has 104 valence electrons. The van der Waals surface area contributed by atoms with Crippen molar-refractivity contribution in [3.8, 4) is 5.69 Å². The van der Waals surface area contributed by atoms with Crippen molar-refractivity contribution < 1.29 is 13.6 Å². The van der Waals surface area contributed by atoms with Gasteiger partial charge in [-0.25, -0.2) is 13.5 Å². The fraction of sp³-hybridized carbons (Fsp3) is 0. The fourth-order valence-corrected chi connectivity index (χ4v) is 1.99. The molecule has 3 nitrogen and oxygen atoms in total. The lowest BCUT2D eigenvalue weighted by atomic mass is 10.1. The largest absolute Gasteiger partial charge is 0.287 e. The number of nitrogens with zero attached hydrogens (tertiary/aromatic N) is 2. The summed E-state index contributed by atoms with van der Waals surface area (Å²) in [5, 5.41) is 4.11. The molecule has 3 aromatic rings. The second-order valence-corrected chi connectivity index (χ2v) is 4.41. The van der Waals surface area contributed by atoms with Crippen LogP contribution in [0.5, 0.6) is 0 Å². The van der Waals surface area contributed by atoms with Crippen molar-refractivity contribution in [3.05, 3.63) is 83.7 Å². The smallest absolute Gasteiger partial charge is 0.216 e. The minimum absolute atomic E-state index is 0.0587. The number of hydrogen-bond donors (Lipinski definition) is 0. The van der Waals surface area contributed by atoms with Crippen LogP contribution in [0.25, 0.3) is 5.69 Å². The summed E-state index contributed by atoms with van der Waals surface area (Å²) >= 11 is 0. The Labute approximate surface area is 119 Å². The Morgan fingerprint density at radius 2 is 1.71 bits per heavy atom. The van der Waals surface area contributed by atoms with Gasteiger partial charge >= 0.3 is 0 Å². The molecule has 21 heavy (non-hydrogen) atoms. The van der Waals surface area contributed by atoms with Gasteiger partial charge in [-0.15, -0.1) is 0 Å². The Kier molecular flexibility index (Phi) is 3.31. The van der Waals surface area contributed by atoms with Crippen LogP contribution in [0.3, 0.4) is 0 Å². The summed E-state index contributed by atoms with van der Waals surface area (Å²) in [6, 6.07) is 14.2. The summed E-state index contributed by atoms with van der Waals surface area (Å²) in [5.74, 6) is -2.86. The zero-order valence-corrected chi connectivity index (χ0v) is 10.8. The number of ketones is 1. The SMILES string of the molecule is O=C(c1ccn(-c2ccccc2)n1)c1cccc(F)c1F. The lowest BCUT2D eigenvalue weighted by Gasteiger charge is -2.01. The molecule has 5 heteroatoms. The van der Waals surface area contributed by atoms with Crippen molar-refractivity contribution in [2.75, 3.05) is 0 Å². The molecule has 0 bridgehead atoms. The van der Waals surface area contributed by atoms with Gasteiger partial charge in [-0.05, 0) is 30.3 Å². The molecule has 1 aromatic heterocycles. The third-order valence-electron chi connectivity index (χ3n) is 3.04. The number of carbonyl (C=O) groups excluding carboxylic acids is 1. The predicted octanol–water partition coefficient (Wildman–Crippen LogP) is 3.38. The summed E-state index contributed by atoms with van der Waals surface area (Å²) < 4.78 is 28.3. The number of benzene rings is 2. The number of carbonyl (C=O) groups is 1. The third kappa shape index (κ3) is 2.45. The maximum Gasteiger partial charge on any atom is 0.216 e. The van der Waals surface area contributed by atoms with Gasteiger partial charge in [0.15, 0.2) is 11.6 Å². The predicted molar refractivity (Wildman–Crippen MR) is 73.4 cm³/mol. The number of rotatable bonds is 3. The summed E-state index contributed by atoms with van der Waals surface area (Å²) in [5.41, 5.74) is 0.507. The molecular weight excluding hydrogens is 274 g/mol. The van der Waals surface area contributed by atoms with Gasteiger partial charge in [0.25, 0.3) is 0 Å².